The minimum atomic E-state index is -0.947. The number of anilines is 1. The molecule has 0 saturated carbocycles. The minimum Gasteiger partial charge on any atom is -0.476 e. The molecule has 3 saturated heterocycles. The van der Waals surface area contributed by atoms with Crippen LogP contribution in [0.2, 0.25) is 0 Å². The van der Waals surface area contributed by atoms with Crippen LogP contribution in [-0.4, -0.2) is 51.0 Å². The molecule has 5 rings (SSSR count). The Morgan fingerprint density at radius 2 is 2.14 bits per heavy atom. The van der Waals surface area contributed by atoms with E-state index in [-0.39, 0.29) is 5.69 Å². The van der Waals surface area contributed by atoms with Crippen LogP contribution in [0.5, 0.6) is 0 Å². The zero-order valence-corrected chi connectivity index (χ0v) is 11.7. The molecule has 3 fully saturated rings. The maximum atomic E-state index is 11.6. The second-order valence-electron chi connectivity index (χ2n) is 5.93. The lowest BCUT2D eigenvalue weighted by Gasteiger charge is -2.45. The fourth-order valence-electron chi connectivity index (χ4n) is 3.61. The van der Waals surface area contributed by atoms with Crippen LogP contribution in [0.3, 0.4) is 0 Å². The highest BCUT2D eigenvalue weighted by Crippen LogP contribution is 2.30. The number of carbonyl (C=O) groups is 1. The molecular weight excluding hydrogens is 268 g/mol. The summed E-state index contributed by atoms with van der Waals surface area (Å²) >= 11 is 0. The van der Waals surface area contributed by atoms with Gasteiger partial charge in [-0.25, -0.2) is 9.78 Å². The number of carboxylic acids is 1. The van der Waals surface area contributed by atoms with Gasteiger partial charge in [0, 0.05) is 18.8 Å². The third-order valence-electron chi connectivity index (χ3n) is 4.71. The van der Waals surface area contributed by atoms with E-state index in [1.807, 2.05) is 18.2 Å². The standard InChI is InChI=1S/C15H18N4O2/c20-15(21)13-14(17-12-3-1-2-6-19(12)13)16-11-9-18-7-4-10(11)5-8-18/h1-3,6,10-11,16H,4-5,7-9H2,(H,20,21). The number of rotatable bonds is 3. The number of nitrogens with zero attached hydrogens (tertiary/aromatic N) is 3. The normalized spacial score (nSPS) is 27.9. The fraction of sp³-hybridized carbons (Fsp3) is 0.467. The average Bonchev–Trinajstić information content (AvgIpc) is 2.86. The molecule has 0 aromatic carbocycles. The van der Waals surface area contributed by atoms with Crippen molar-refractivity contribution in [2.75, 3.05) is 25.0 Å². The molecule has 110 valence electrons. The zero-order valence-electron chi connectivity index (χ0n) is 11.7. The summed E-state index contributed by atoms with van der Waals surface area (Å²) in [5.41, 5.74) is 0.890. The van der Waals surface area contributed by atoms with Gasteiger partial charge in [-0.15, -0.1) is 0 Å². The third kappa shape index (κ3) is 2.06. The quantitative estimate of drug-likeness (QED) is 0.895. The van der Waals surface area contributed by atoms with Gasteiger partial charge >= 0.3 is 5.97 Å². The van der Waals surface area contributed by atoms with Crippen LogP contribution in [-0.2, 0) is 0 Å². The Hall–Kier alpha value is -2.08. The Morgan fingerprint density at radius 1 is 1.33 bits per heavy atom. The molecule has 1 unspecified atom stereocenters. The summed E-state index contributed by atoms with van der Waals surface area (Å²) in [7, 11) is 0. The molecule has 2 aromatic rings. The van der Waals surface area contributed by atoms with Crippen LogP contribution in [0.1, 0.15) is 23.3 Å². The Bertz CT molecular complexity index is 688. The van der Waals surface area contributed by atoms with Crippen LogP contribution >= 0.6 is 0 Å². The first kappa shape index (κ1) is 12.6. The molecule has 3 aliphatic rings. The molecule has 0 spiro atoms. The van der Waals surface area contributed by atoms with Crippen molar-refractivity contribution >= 4 is 17.4 Å². The van der Waals surface area contributed by atoms with Crippen LogP contribution in [0.4, 0.5) is 5.82 Å². The van der Waals surface area contributed by atoms with E-state index >= 15 is 0 Å². The Morgan fingerprint density at radius 3 is 2.81 bits per heavy atom. The molecule has 6 heteroatoms. The highest BCUT2D eigenvalue weighted by molar-refractivity contribution is 5.93. The van der Waals surface area contributed by atoms with Gasteiger partial charge in [-0.1, -0.05) is 6.07 Å². The summed E-state index contributed by atoms with van der Waals surface area (Å²) in [6.07, 6.45) is 4.12. The topological polar surface area (TPSA) is 69.9 Å². The highest BCUT2D eigenvalue weighted by Gasteiger charge is 2.35. The Labute approximate surface area is 122 Å². The van der Waals surface area contributed by atoms with Crippen molar-refractivity contribution in [2.45, 2.75) is 18.9 Å². The van der Waals surface area contributed by atoms with Crippen LogP contribution in [0, 0.1) is 5.92 Å². The molecule has 1 atom stereocenters. The SMILES string of the molecule is O=C(O)c1c(NC2CN3CCC2CC3)nc2ccccn12. The lowest BCUT2D eigenvalue weighted by atomic mass is 9.84. The summed E-state index contributed by atoms with van der Waals surface area (Å²) in [5.74, 6) is 0.173. The zero-order chi connectivity index (χ0) is 14.4. The lowest BCUT2D eigenvalue weighted by molar-refractivity contribution is 0.0689. The molecule has 5 heterocycles. The first-order chi connectivity index (χ1) is 10.2. The van der Waals surface area contributed by atoms with E-state index in [2.05, 4.69) is 15.2 Å². The number of fused-ring (bicyclic) bond motifs is 4. The summed E-state index contributed by atoms with van der Waals surface area (Å²) in [4.78, 5) is 18.5. The van der Waals surface area contributed by atoms with Crippen LogP contribution < -0.4 is 5.32 Å². The summed E-state index contributed by atoms with van der Waals surface area (Å²) < 4.78 is 1.63. The predicted molar refractivity (Wildman–Crippen MR) is 78.7 cm³/mol. The predicted octanol–water partition coefficient (Wildman–Crippen LogP) is 1.54. The van der Waals surface area contributed by atoms with Gasteiger partial charge in [0.15, 0.2) is 11.5 Å². The van der Waals surface area contributed by atoms with Crippen molar-refractivity contribution in [3.8, 4) is 0 Å². The van der Waals surface area contributed by atoms with Gasteiger partial charge in [0.25, 0.3) is 0 Å². The first-order valence-electron chi connectivity index (χ1n) is 7.41. The number of aromatic nitrogens is 2. The summed E-state index contributed by atoms with van der Waals surface area (Å²) in [6.45, 7) is 3.32. The third-order valence-corrected chi connectivity index (χ3v) is 4.71. The Kier molecular flexibility index (Phi) is 2.85. The van der Waals surface area contributed by atoms with Gasteiger partial charge in [0.1, 0.15) is 5.65 Å². The fourth-order valence-corrected chi connectivity index (χ4v) is 3.61. The van der Waals surface area contributed by atoms with Gasteiger partial charge in [-0.2, -0.15) is 0 Å². The molecule has 2 N–H and O–H groups in total. The molecule has 0 radical (unpaired) electrons. The van der Waals surface area contributed by atoms with Crippen LogP contribution in [0.15, 0.2) is 24.4 Å². The molecule has 0 amide bonds. The van der Waals surface area contributed by atoms with Gasteiger partial charge in [-0.05, 0) is 44.0 Å². The number of aromatic carboxylic acids is 1. The van der Waals surface area contributed by atoms with E-state index < -0.39 is 5.97 Å². The van der Waals surface area contributed by atoms with Crippen molar-refractivity contribution in [1.82, 2.24) is 14.3 Å². The molecule has 3 aliphatic heterocycles. The highest BCUT2D eigenvalue weighted by atomic mass is 16.4. The average molecular weight is 286 g/mol. The van der Waals surface area contributed by atoms with Crippen molar-refractivity contribution < 1.29 is 9.90 Å². The van der Waals surface area contributed by atoms with Crippen molar-refractivity contribution in [2.24, 2.45) is 5.92 Å². The van der Waals surface area contributed by atoms with Gasteiger partial charge < -0.3 is 15.3 Å². The van der Waals surface area contributed by atoms with E-state index in [1.165, 1.54) is 25.9 Å². The monoisotopic (exact) mass is 286 g/mol. The second-order valence-corrected chi connectivity index (χ2v) is 5.93. The summed E-state index contributed by atoms with van der Waals surface area (Å²) in [5, 5.41) is 12.9. The molecule has 0 aliphatic carbocycles. The van der Waals surface area contributed by atoms with Crippen molar-refractivity contribution in [3.05, 3.63) is 30.1 Å². The minimum absolute atomic E-state index is 0.224. The smallest absolute Gasteiger partial charge is 0.356 e. The number of pyridine rings is 1. The lowest BCUT2D eigenvalue weighted by Crippen LogP contribution is -2.53. The van der Waals surface area contributed by atoms with E-state index in [9.17, 15) is 9.90 Å². The van der Waals surface area contributed by atoms with E-state index in [0.29, 0.717) is 23.4 Å². The summed E-state index contributed by atoms with van der Waals surface area (Å²) in [6, 6.07) is 5.81. The van der Waals surface area contributed by atoms with Gasteiger partial charge in [0.05, 0.1) is 0 Å². The maximum Gasteiger partial charge on any atom is 0.356 e. The Balaban J connectivity index is 1.70. The van der Waals surface area contributed by atoms with Gasteiger partial charge in [-0.3, -0.25) is 4.40 Å². The van der Waals surface area contributed by atoms with E-state index in [4.69, 9.17) is 0 Å². The van der Waals surface area contributed by atoms with E-state index in [1.54, 1.807) is 10.6 Å². The number of imidazole rings is 1. The number of hydrogen-bond acceptors (Lipinski definition) is 4. The number of hydrogen-bond donors (Lipinski definition) is 2. The number of nitrogens with one attached hydrogen (secondary N) is 1. The van der Waals surface area contributed by atoms with Crippen LogP contribution in [0.25, 0.3) is 5.65 Å². The number of carboxylic acid groups (broad SMARTS) is 1. The van der Waals surface area contributed by atoms with Crippen molar-refractivity contribution in [1.29, 1.82) is 0 Å². The molecule has 2 aromatic heterocycles. The van der Waals surface area contributed by atoms with Crippen molar-refractivity contribution in [3.63, 3.8) is 0 Å². The molecule has 2 bridgehead atoms. The second kappa shape index (κ2) is 4.73. The first-order valence-corrected chi connectivity index (χ1v) is 7.41. The van der Waals surface area contributed by atoms with Gasteiger partial charge in [0.2, 0.25) is 0 Å². The largest absolute Gasteiger partial charge is 0.476 e. The molecular formula is C15H18N4O2. The molecule has 21 heavy (non-hydrogen) atoms. The molecule has 6 nitrogen and oxygen atoms in total. The van der Waals surface area contributed by atoms with E-state index in [0.717, 1.165) is 6.54 Å². The number of piperidine rings is 3. The maximum absolute atomic E-state index is 11.6.